The lowest BCUT2D eigenvalue weighted by molar-refractivity contribution is -0.385. The molecule has 100 valence electrons. The first-order chi connectivity index (χ1) is 9.66. The Bertz CT molecular complexity index is 778. The molecule has 0 saturated carbocycles. The van der Waals surface area contributed by atoms with Crippen molar-refractivity contribution in [2.75, 3.05) is 0 Å². The van der Waals surface area contributed by atoms with Gasteiger partial charge in [-0.2, -0.15) is 5.10 Å². The highest BCUT2D eigenvalue weighted by atomic mass is 16.6. The van der Waals surface area contributed by atoms with Gasteiger partial charge < -0.3 is 0 Å². The van der Waals surface area contributed by atoms with Crippen LogP contribution in [-0.2, 0) is 13.5 Å². The molecular formula is C15H13N3O2. The smallest absolute Gasteiger partial charge is 0.268 e. The number of hydrogen-bond donors (Lipinski definition) is 0. The zero-order valence-electron chi connectivity index (χ0n) is 11.0. The molecule has 0 radical (unpaired) electrons. The third-order valence-corrected chi connectivity index (χ3v) is 3.44. The standard InChI is InChI=1S/C15H13N3O2/c1-17-14-7-8-15(18(19)20)12(13(14)10-16-17)9-11-5-3-2-4-6-11/h2-8,10H,9H2,1H3. The minimum atomic E-state index is -0.329. The topological polar surface area (TPSA) is 61.0 Å². The highest BCUT2D eigenvalue weighted by molar-refractivity contribution is 5.86. The van der Waals surface area contributed by atoms with Gasteiger partial charge >= 0.3 is 0 Å². The van der Waals surface area contributed by atoms with Gasteiger partial charge in [0.1, 0.15) is 0 Å². The number of hydrogen-bond acceptors (Lipinski definition) is 3. The third-order valence-electron chi connectivity index (χ3n) is 3.44. The maximum Gasteiger partial charge on any atom is 0.273 e. The molecule has 2 aromatic carbocycles. The van der Waals surface area contributed by atoms with E-state index in [2.05, 4.69) is 5.10 Å². The van der Waals surface area contributed by atoms with Crippen molar-refractivity contribution in [1.82, 2.24) is 9.78 Å². The van der Waals surface area contributed by atoms with E-state index in [1.807, 2.05) is 37.4 Å². The number of nitro groups is 1. The molecule has 1 heterocycles. The Hall–Kier alpha value is -2.69. The minimum absolute atomic E-state index is 0.148. The van der Waals surface area contributed by atoms with Crippen LogP contribution >= 0.6 is 0 Å². The van der Waals surface area contributed by atoms with E-state index in [0.29, 0.717) is 12.0 Å². The van der Waals surface area contributed by atoms with Crippen molar-refractivity contribution < 1.29 is 4.92 Å². The summed E-state index contributed by atoms with van der Waals surface area (Å²) in [6.07, 6.45) is 2.22. The van der Waals surface area contributed by atoms with Crippen LogP contribution in [0.15, 0.2) is 48.7 Å². The van der Waals surface area contributed by atoms with Gasteiger partial charge in [-0.15, -0.1) is 0 Å². The average molecular weight is 267 g/mol. The number of nitro benzene ring substituents is 1. The molecule has 0 aliphatic rings. The van der Waals surface area contributed by atoms with Gasteiger partial charge in [-0.1, -0.05) is 30.3 Å². The van der Waals surface area contributed by atoms with E-state index >= 15 is 0 Å². The van der Waals surface area contributed by atoms with E-state index < -0.39 is 0 Å². The van der Waals surface area contributed by atoms with E-state index in [4.69, 9.17) is 0 Å². The average Bonchev–Trinajstić information content (AvgIpc) is 2.82. The van der Waals surface area contributed by atoms with Crippen LogP contribution in [0.1, 0.15) is 11.1 Å². The summed E-state index contributed by atoms with van der Waals surface area (Å²) in [6.45, 7) is 0. The predicted molar refractivity (Wildman–Crippen MR) is 76.6 cm³/mol. The summed E-state index contributed by atoms with van der Waals surface area (Å²) in [5.41, 5.74) is 2.81. The van der Waals surface area contributed by atoms with Crippen molar-refractivity contribution in [2.45, 2.75) is 6.42 Å². The van der Waals surface area contributed by atoms with Gasteiger partial charge in [0.05, 0.1) is 16.6 Å². The molecule has 0 N–H and O–H groups in total. The third kappa shape index (κ3) is 2.03. The molecule has 0 aliphatic heterocycles. The number of nitrogens with zero attached hydrogens (tertiary/aromatic N) is 3. The second-order valence-electron chi connectivity index (χ2n) is 4.68. The molecule has 5 nitrogen and oxygen atoms in total. The zero-order chi connectivity index (χ0) is 14.1. The van der Waals surface area contributed by atoms with Crippen molar-refractivity contribution >= 4 is 16.6 Å². The Kier molecular flexibility index (Phi) is 2.95. The molecule has 5 heteroatoms. The molecule has 0 fully saturated rings. The number of rotatable bonds is 3. The molecule has 0 aliphatic carbocycles. The SMILES string of the molecule is Cn1ncc2c(Cc3ccccc3)c([N+](=O)[O-])ccc21. The van der Waals surface area contributed by atoms with E-state index in [9.17, 15) is 10.1 Å². The number of fused-ring (bicyclic) bond motifs is 1. The van der Waals surface area contributed by atoms with Crippen molar-refractivity contribution in [2.24, 2.45) is 7.05 Å². The zero-order valence-corrected chi connectivity index (χ0v) is 11.0. The molecule has 1 aromatic heterocycles. The van der Waals surface area contributed by atoms with Crippen molar-refractivity contribution in [1.29, 1.82) is 0 Å². The molecule has 0 spiro atoms. The summed E-state index contributed by atoms with van der Waals surface area (Å²) >= 11 is 0. The van der Waals surface area contributed by atoms with Crippen LogP contribution in [0.2, 0.25) is 0 Å². The molecule has 0 amide bonds. The molecule has 0 bridgehead atoms. The summed E-state index contributed by atoms with van der Waals surface area (Å²) < 4.78 is 1.73. The maximum absolute atomic E-state index is 11.2. The molecule has 0 saturated heterocycles. The Morgan fingerprint density at radius 1 is 1.20 bits per heavy atom. The van der Waals surface area contributed by atoms with Crippen LogP contribution in [0.3, 0.4) is 0 Å². The van der Waals surface area contributed by atoms with E-state index in [-0.39, 0.29) is 10.6 Å². The number of aromatic nitrogens is 2. The second-order valence-corrected chi connectivity index (χ2v) is 4.68. The summed E-state index contributed by atoms with van der Waals surface area (Å²) in [5.74, 6) is 0. The lowest BCUT2D eigenvalue weighted by Crippen LogP contribution is -1.98. The van der Waals surface area contributed by atoms with Gasteiger partial charge in [0.15, 0.2) is 0 Å². The molecular weight excluding hydrogens is 254 g/mol. The Morgan fingerprint density at radius 3 is 2.65 bits per heavy atom. The lowest BCUT2D eigenvalue weighted by atomic mass is 10.00. The van der Waals surface area contributed by atoms with Crippen LogP contribution < -0.4 is 0 Å². The highest BCUT2D eigenvalue weighted by Crippen LogP contribution is 2.29. The fraction of sp³-hybridized carbons (Fsp3) is 0.133. The quantitative estimate of drug-likeness (QED) is 0.541. The van der Waals surface area contributed by atoms with Crippen molar-refractivity contribution in [3.8, 4) is 0 Å². The van der Waals surface area contributed by atoms with Gasteiger partial charge in [0, 0.05) is 30.5 Å². The first kappa shape index (κ1) is 12.3. The Labute approximate surface area is 115 Å². The fourth-order valence-electron chi connectivity index (χ4n) is 2.43. The minimum Gasteiger partial charge on any atom is -0.268 e. The van der Waals surface area contributed by atoms with Crippen LogP contribution in [0.5, 0.6) is 0 Å². The molecule has 3 rings (SSSR count). The van der Waals surface area contributed by atoms with Gasteiger partial charge in [0.25, 0.3) is 5.69 Å². The van der Waals surface area contributed by atoms with Gasteiger partial charge in [0.2, 0.25) is 0 Å². The lowest BCUT2D eigenvalue weighted by Gasteiger charge is -2.05. The van der Waals surface area contributed by atoms with Crippen LogP contribution in [0, 0.1) is 10.1 Å². The van der Waals surface area contributed by atoms with Crippen LogP contribution in [0.4, 0.5) is 5.69 Å². The van der Waals surface area contributed by atoms with E-state index in [1.165, 1.54) is 0 Å². The Balaban J connectivity index is 2.20. The first-order valence-corrected chi connectivity index (χ1v) is 6.28. The summed E-state index contributed by atoms with van der Waals surface area (Å²) in [7, 11) is 1.83. The van der Waals surface area contributed by atoms with Crippen molar-refractivity contribution in [3.05, 3.63) is 69.9 Å². The summed E-state index contributed by atoms with van der Waals surface area (Å²) in [5, 5.41) is 16.3. The summed E-state index contributed by atoms with van der Waals surface area (Å²) in [4.78, 5) is 10.9. The molecule has 0 atom stereocenters. The second kappa shape index (κ2) is 4.77. The van der Waals surface area contributed by atoms with Gasteiger partial charge in [-0.05, 0) is 11.6 Å². The Morgan fingerprint density at radius 2 is 1.95 bits per heavy atom. The summed E-state index contributed by atoms with van der Waals surface area (Å²) in [6, 6.07) is 13.0. The van der Waals surface area contributed by atoms with Crippen LogP contribution in [0.25, 0.3) is 10.9 Å². The van der Waals surface area contributed by atoms with Gasteiger partial charge in [-0.3, -0.25) is 14.8 Å². The van der Waals surface area contributed by atoms with Crippen LogP contribution in [-0.4, -0.2) is 14.7 Å². The number of aryl methyl sites for hydroxylation is 1. The van der Waals surface area contributed by atoms with E-state index in [1.54, 1.807) is 23.0 Å². The molecule has 0 unspecified atom stereocenters. The van der Waals surface area contributed by atoms with E-state index in [0.717, 1.165) is 16.5 Å². The number of benzene rings is 2. The normalized spacial score (nSPS) is 10.8. The largest absolute Gasteiger partial charge is 0.273 e. The van der Waals surface area contributed by atoms with Crippen molar-refractivity contribution in [3.63, 3.8) is 0 Å². The van der Waals surface area contributed by atoms with Gasteiger partial charge in [-0.25, -0.2) is 0 Å². The monoisotopic (exact) mass is 267 g/mol. The fourth-order valence-corrected chi connectivity index (χ4v) is 2.43. The maximum atomic E-state index is 11.2. The first-order valence-electron chi connectivity index (χ1n) is 6.28. The molecule has 20 heavy (non-hydrogen) atoms. The highest BCUT2D eigenvalue weighted by Gasteiger charge is 2.18. The molecule has 3 aromatic rings. The predicted octanol–water partition coefficient (Wildman–Crippen LogP) is 3.07.